The maximum atomic E-state index is 12.8. The molecule has 4 nitrogen and oxygen atoms in total. The summed E-state index contributed by atoms with van der Waals surface area (Å²) in [5, 5.41) is 4.76. The van der Waals surface area contributed by atoms with Crippen LogP contribution in [0.4, 0.5) is 4.39 Å². The lowest BCUT2D eigenvalue weighted by Gasteiger charge is -2.07. The van der Waals surface area contributed by atoms with Crippen LogP contribution in [0.3, 0.4) is 0 Å². The number of carbonyl (C=O) groups excluding carboxylic acids is 1. The van der Waals surface area contributed by atoms with Crippen LogP contribution in [0.1, 0.15) is 11.2 Å². The molecule has 0 unspecified atom stereocenters. The highest BCUT2D eigenvalue weighted by Crippen LogP contribution is 2.25. The molecule has 0 radical (unpaired) electrons. The SMILES string of the molecule is O=C1CCSc2nc(-c3ccc(F)cc3)nn21. The summed E-state index contributed by atoms with van der Waals surface area (Å²) in [7, 11) is 0. The number of hydrogen-bond acceptors (Lipinski definition) is 4. The maximum Gasteiger partial charge on any atom is 0.250 e. The zero-order valence-electron chi connectivity index (χ0n) is 8.76. The third-order valence-corrected chi connectivity index (χ3v) is 3.39. The van der Waals surface area contributed by atoms with Crippen LogP contribution in [0.2, 0.25) is 0 Å². The van der Waals surface area contributed by atoms with Gasteiger partial charge < -0.3 is 0 Å². The Balaban J connectivity index is 2.05. The molecule has 1 aromatic carbocycles. The van der Waals surface area contributed by atoms with Crippen molar-refractivity contribution in [1.29, 1.82) is 0 Å². The predicted molar refractivity (Wildman–Crippen MR) is 61.4 cm³/mol. The number of halogens is 1. The fourth-order valence-corrected chi connectivity index (χ4v) is 2.49. The molecule has 2 aromatic rings. The second kappa shape index (κ2) is 3.96. The third kappa shape index (κ3) is 1.84. The molecular weight excluding hydrogens is 241 g/mol. The van der Waals surface area contributed by atoms with Gasteiger partial charge in [-0.2, -0.15) is 4.68 Å². The molecule has 6 heteroatoms. The van der Waals surface area contributed by atoms with Crippen LogP contribution in [0.5, 0.6) is 0 Å². The number of aromatic nitrogens is 3. The van der Waals surface area contributed by atoms with Crippen LogP contribution < -0.4 is 0 Å². The molecule has 17 heavy (non-hydrogen) atoms. The van der Waals surface area contributed by atoms with Crippen molar-refractivity contribution < 1.29 is 9.18 Å². The molecule has 0 saturated heterocycles. The molecule has 86 valence electrons. The van der Waals surface area contributed by atoms with E-state index in [4.69, 9.17) is 0 Å². The van der Waals surface area contributed by atoms with E-state index in [1.54, 1.807) is 12.1 Å². The smallest absolute Gasteiger partial charge is 0.250 e. The molecule has 0 bridgehead atoms. The molecule has 0 spiro atoms. The van der Waals surface area contributed by atoms with Gasteiger partial charge in [0.25, 0.3) is 0 Å². The summed E-state index contributed by atoms with van der Waals surface area (Å²) < 4.78 is 14.1. The fraction of sp³-hybridized carbons (Fsp3) is 0.182. The van der Waals surface area contributed by atoms with Gasteiger partial charge in [0, 0.05) is 17.7 Å². The van der Waals surface area contributed by atoms with E-state index in [0.717, 1.165) is 5.75 Å². The number of hydrogen-bond donors (Lipinski definition) is 0. The van der Waals surface area contributed by atoms with Crippen molar-refractivity contribution >= 4 is 17.7 Å². The van der Waals surface area contributed by atoms with E-state index in [0.29, 0.717) is 23.0 Å². The van der Waals surface area contributed by atoms with Crippen molar-refractivity contribution in [2.24, 2.45) is 0 Å². The summed E-state index contributed by atoms with van der Waals surface area (Å²) in [4.78, 5) is 15.8. The van der Waals surface area contributed by atoms with Crippen molar-refractivity contribution in [1.82, 2.24) is 14.8 Å². The highest BCUT2D eigenvalue weighted by molar-refractivity contribution is 7.99. The molecule has 1 aliphatic rings. The topological polar surface area (TPSA) is 47.8 Å². The van der Waals surface area contributed by atoms with E-state index in [1.807, 2.05) is 0 Å². The van der Waals surface area contributed by atoms with Crippen molar-refractivity contribution in [3.05, 3.63) is 30.1 Å². The second-order valence-corrected chi connectivity index (χ2v) is 4.69. The van der Waals surface area contributed by atoms with Crippen LogP contribution in [0.15, 0.2) is 29.4 Å². The first-order chi connectivity index (χ1) is 8.24. The minimum atomic E-state index is -0.303. The van der Waals surface area contributed by atoms with Gasteiger partial charge in [0.2, 0.25) is 5.91 Å². The van der Waals surface area contributed by atoms with Gasteiger partial charge in [-0.05, 0) is 24.3 Å². The zero-order chi connectivity index (χ0) is 11.8. The van der Waals surface area contributed by atoms with Crippen LogP contribution in [0, 0.1) is 5.82 Å². The Labute approximate surface area is 101 Å². The standard InChI is InChI=1S/C11H8FN3OS/c12-8-3-1-7(2-4-8)10-13-11-15(14-10)9(16)5-6-17-11/h1-4H,5-6H2. The van der Waals surface area contributed by atoms with Crippen LogP contribution in [0.25, 0.3) is 11.4 Å². The predicted octanol–water partition coefficient (Wildman–Crippen LogP) is 2.22. The van der Waals surface area contributed by atoms with Crippen molar-refractivity contribution in [2.45, 2.75) is 11.6 Å². The molecule has 0 amide bonds. The Morgan fingerprint density at radius 2 is 2.06 bits per heavy atom. The number of thioether (sulfide) groups is 1. The van der Waals surface area contributed by atoms with Gasteiger partial charge in [-0.25, -0.2) is 9.37 Å². The van der Waals surface area contributed by atoms with Gasteiger partial charge in [0.15, 0.2) is 11.0 Å². The highest BCUT2D eigenvalue weighted by atomic mass is 32.2. The zero-order valence-corrected chi connectivity index (χ0v) is 9.58. The number of carbonyl (C=O) groups is 1. The van der Waals surface area contributed by atoms with Crippen molar-refractivity contribution in [3.63, 3.8) is 0 Å². The Morgan fingerprint density at radius 3 is 2.76 bits per heavy atom. The molecule has 1 aromatic heterocycles. The summed E-state index contributed by atoms with van der Waals surface area (Å²) in [5.41, 5.74) is 0.710. The normalized spacial score (nSPS) is 14.8. The monoisotopic (exact) mass is 249 g/mol. The Morgan fingerprint density at radius 1 is 1.29 bits per heavy atom. The van der Waals surface area contributed by atoms with Crippen molar-refractivity contribution in [2.75, 3.05) is 5.75 Å². The van der Waals surface area contributed by atoms with Gasteiger partial charge in [-0.1, -0.05) is 11.8 Å². The number of benzene rings is 1. The maximum absolute atomic E-state index is 12.8. The molecular formula is C11H8FN3OS. The van der Waals surface area contributed by atoms with Crippen LogP contribution >= 0.6 is 11.8 Å². The van der Waals surface area contributed by atoms with E-state index >= 15 is 0 Å². The van der Waals surface area contributed by atoms with Gasteiger partial charge in [0.1, 0.15) is 5.82 Å². The summed E-state index contributed by atoms with van der Waals surface area (Å²) in [5.74, 6) is 0.853. The van der Waals surface area contributed by atoms with Gasteiger partial charge in [0.05, 0.1) is 0 Å². The summed E-state index contributed by atoms with van der Waals surface area (Å²) in [6.07, 6.45) is 0.476. The van der Waals surface area contributed by atoms with E-state index in [2.05, 4.69) is 10.1 Å². The Hall–Kier alpha value is -1.69. The molecule has 0 saturated carbocycles. The minimum absolute atomic E-state index is 0.0420. The first-order valence-corrected chi connectivity index (χ1v) is 6.11. The van der Waals surface area contributed by atoms with E-state index < -0.39 is 0 Å². The molecule has 0 atom stereocenters. The van der Waals surface area contributed by atoms with Crippen LogP contribution in [-0.4, -0.2) is 26.4 Å². The van der Waals surface area contributed by atoms with Gasteiger partial charge in [-0.15, -0.1) is 5.10 Å². The second-order valence-electron chi connectivity index (χ2n) is 3.63. The third-order valence-electron chi connectivity index (χ3n) is 2.46. The average molecular weight is 249 g/mol. The molecule has 3 rings (SSSR count). The molecule has 2 heterocycles. The van der Waals surface area contributed by atoms with Crippen LogP contribution in [-0.2, 0) is 0 Å². The molecule has 0 N–H and O–H groups in total. The first-order valence-electron chi connectivity index (χ1n) is 5.13. The molecule has 0 fully saturated rings. The number of nitrogens with zero attached hydrogens (tertiary/aromatic N) is 3. The number of fused-ring (bicyclic) bond motifs is 1. The lowest BCUT2D eigenvalue weighted by atomic mass is 10.2. The lowest BCUT2D eigenvalue weighted by molar-refractivity contribution is 0.0878. The van der Waals surface area contributed by atoms with E-state index in [1.165, 1.54) is 28.6 Å². The van der Waals surface area contributed by atoms with Gasteiger partial charge >= 0.3 is 0 Å². The van der Waals surface area contributed by atoms with Crippen molar-refractivity contribution in [3.8, 4) is 11.4 Å². The van der Waals surface area contributed by atoms with Gasteiger partial charge in [-0.3, -0.25) is 4.79 Å². The average Bonchev–Trinajstić information content (AvgIpc) is 2.75. The summed E-state index contributed by atoms with van der Waals surface area (Å²) in [6.45, 7) is 0. The highest BCUT2D eigenvalue weighted by Gasteiger charge is 2.21. The molecule has 1 aliphatic heterocycles. The minimum Gasteiger partial charge on any atom is -0.272 e. The van der Waals surface area contributed by atoms with E-state index in [9.17, 15) is 9.18 Å². The quantitative estimate of drug-likeness (QED) is 0.777. The number of rotatable bonds is 1. The summed E-state index contributed by atoms with van der Waals surface area (Å²) >= 11 is 1.51. The first kappa shape index (κ1) is 10.5. The Kier molecular flexibility index (Phi) is 2.44. The largest absolute Gasteiger partial charge is 0.272 e. The molecule has 0 aliphatic carbocycles. The fourth-order valence-electron chi connectivity index (χ4n) is 1.61. The lowest BCUT2D eigenvalue weighted by Crippen LogP contribution is -2.18. The van der Waals surface area contributed by atoms with E-state index in [-0.39, 0.29) is 11.7 Å². The summed E-state index contributed by atoms with van der Waals surface area (Å²) in [6, 6.07) is 5.91. The Bertz CT molecular complexity index is 579.